The van der Waals surface area contributed by atoms with Crippen LogP contribution in [-0.4, -0.2) is 68.0 Å². The van der Waals surface area contributed by atoms with Gasteiger partial charge in [-0.2, -0.15) is 0 Å². The molecule has 248 valence electrons. The minimum Gasteiger partial charge on any atom is -0.390 e. The normalized spacial score (nSPS) is 38.3. The van der Waals surface area contributed by atoms with E-state index >= 15 is 8.78 Å². The number of hydrogen-bond donors (Lipinski definition) is 3. The molecule has 0 radical (unpaired) electrons. The predicted octanol–water partition coefficient (Wildman–Crippen LogP) is 5.93. The number of halogens is 3. The van der Waals surface area contributed by atoms with Gasteiger partial charge in [0.2, 0.25) is 10.6 Å². The fourth-order valence-electron chi connectivity index (χ4n) is 8.84. The summed E-state index contributed by atoms with van der Waals surface area (Å²) in [5.74, 6) is -1.97. The molecule has 0 bridgehead atoms. The number of carbonyl (C=O) groups excluding carboxylic acids is 3. The third-order valence-electron chi connectivity index (χ3n) is 10.9. The number of carbonyl (C=O) groups is 3. The lowest BCUT2D eigenvalue weighted by Gasteiger charge is -2.63. The summed E-state index contributed by atoms with van der Waals surface area (Å²) < 4.78 is 64.2. The lowest BCUT2D eigenvalue weighted by molar-refractivity contribution is -0.213. The molecule has 13 heteroatoms. The minimum absolute atomic E-state index is 0.000545. The Hall–Kier alpha value is -1.30. The minimum atomic E-state index is -4.65. The van der Waals surface area contributed by atoms with Crippen LogP contribution < -0.4 is 0 Å². The van der Waals surface area contributed by atoms with E-state index in [4.69, 9.17) is 14.5 Å². The van der Waals surface area contributed by atoms with Crippen LogP contribution in [0.3, 0.4) is 0 Å². The van der Waals surface area contributed by atoms with Gasteiger partial charge in [-0.15, -0.1) is 0 Å². The summed E-state index contributed by atoms with van der Waals surface area (Å²) >= 11 is 0.288. The van der Waals surface area contributed by atoms with E-state index < -0.39 is 64.7 Å². The molecular formula is C31H44F3O8PS. The molecule has 0 aromatic heterocycles. The van der Waals surface area contributed by atoms with Gasteiger partial charge in [-0.25, -0.2) is 13.2 Å². The fourth-order valence-corrected chi connectivity index (χ4v) is 9.81. The third-order valence-corrected chi connectivity index (χ3v) is 12.3. The molecule has 4 rings (SSSR count). The molecule has 4 aliphatic rings. The molecule has 0 amide bonds. The van der Waals surface area contributed by atoms with Gasteiger partial charge in [0.05, 0.1) is 17.6 Å². The monoisotopic (exact) mass is 664 g/mol. The van der Waals surface area contributed by atoms with Gasteiger partial charge in [-0.05, 0) is 85.8 Å². The van der Waals surface area contributed by atoms with Gasteiger partial charge in [-0.3, -0.25) is 18.9 Å². The van der Waals surface area contributed by atoms with Crippen molar-refractivity contribution in [2.75, 3.05) is 12.6 Å². The van der Waals surface area contributed by atoms with Crippen molar-refractivity contribution in [3.8, 4) is 0 Å². The molecule has 4 aliphatic carbocycles. The lowest BCUT2D eigenvalue weighted by Crippen LogP contribution is -2.69. The Morgan fingerprint density at radius 3 is 2.34 bits per heavy atom. The maximum Gasteiger partial charge on any atom is 0.391 e. The van der Waals surface area contributed by atoms with Crippen molar-refractivity contribution in [3.05, 3.63) is 23.3 Å². The Morgan fingerprint density at radius 1 is 1.07 bits per heavy atom. The van der Waals surface area contributed by atoms with E-state index in [-0.39, 0.29) is 60.1 Å². The van der Waals surface area contributed by atoms with Gasteiger partial charge in [0.25, 0.3) is 0 Å². The van der Waals surface area contributed by atoms with E-state index in [1.807, 2.05) is 13.8 Å². The number of rotatable bonds is 13. The summed E-state index contributed by atoms with van der Waals surface area (Å²) in [6.45, 7) is 5.78. The molecule has 0 aliphatic heterocycles. The Labute approximate surface area is 260 Å². The van der Waals surface area contributed by atoms with E-state index in [1.165, 1.54) is 6.92 Å². The van der Waals surface area contributed by atoms with Crippen molar-refractivity contribution in [2.45, 2.75) is 109 Å². The van der Waals surface area contributed by atoms with Crippen molar-refractivity contribution in [2.24, 2.45) is 28.6 Å². The highest BCUT2D eigenvalue weighted by Gasteiger charge is 2.74. The third kappa shape index (κ3) is 6.20. The van der Waals surface area contributed by atoms with Crippen LogP contribution in [-0.2, 0) is 23.7 Å². The number of hydrogen-bond acceptors (Lipinski definition) is 7. The van der Waals surface area contributed by atoms with Crippen LogP contribution in [0.15, 0.2) is 23.3 Å². The van der Waals surface area contributed by atoms with E-state index in [2.05, 4.69) is 0 Å². The largest absolute Gasteiger partial charge is 0.391 e. The molecule has 44 heavy (non-hydrogen) atoms. The second-order valence-electron chi connectivity index (χ2n) is 13.4. The Balaban J connectivity index is 1.42. The van der Waals surface area contributed by atoms with Crippen LogP contribution in [0, 0.1) is 28.6 Å². The predicted molar refractivity (Wildman–Crippen MR) is 160 cm³/mol. The van der Waals surface area contributed by atoms with Crippen LogP contribution in [0.25, 0.3) is 0 Å². The highest BCUT2D eigenvalue weighted by Crippen LogP contribution is 2.70. The second-order valence-corrected chi connectivity index (χ2v) is 15.9. The van der Waals surface area contributed by atoms with Crippen LogP contribution in [0.2, 0.25) is 0 Å². The van der Waals surface area contributed by atoms with E-state index in [0.717, 1.165) is 37.8 Å². The van der Waals surface area contributed by atoms with Crippen LogP contribution in [0.1, 0.15) is 85.0 Å². The highest BCUT2D eigenvalue weighted by molar-refractivity contribution is 8.14. The van der Waals surface area contributed by atoms with Crippen LogP contribution in [0.4, 0.5) is 13.2 Å². The van der Waals surface area contributed by atoms with Crippen LogP contribution in [0.5, 0.6) is 0 Å². The van der Waals surface area contributed by atoms with E-state index in [9.17, 15) is 28.4 Å². The molecule has 0 spiro atoms. The maximum atomic E-state index is 17.8. The van der Waals surface area contributed by atoms with Crippen molar-refractivity contribution in [3.63, 3.8) is 0 Å². The highest BCUT2D eigenvalue weighted by atomic mass is 32.2. The summed E-state index contributed by atoms with van der Waals surface area (Å²) in [4.78, 5) is 54.5. The number of allylic oxidation sites excluding steroid dienone is 3. The van der Waals surface area contributed by atoms with Crippen molar-refractivity contribution in [1.82, 2.24) is 0 Å². The molecule has 3 saturated carbocycles. The van der Waals surface area contributed by atoms with E-state index in [1.54, 1.807) is 0 Å². The average Bonchev–Trinajstić information content (AvgIpc) is 3.18. The summed E-state index contributed by atoms with van der Waals surface area (Å²) in [5.41, 5.74) is -6.52. The SMILES string of the molecule is C[C@@H]1C[C@H]2[C@@H]3C[C@H](F)C4=CC(=O)C=C(C(=O)SCF)[C@@]4(C)[C@@]3(F)[C@@H](O)C[C@]2(C)[C@@H]1OCCCCCCCCC(=O)P(=O)(O)O. The van der Waals surface area contributed by atoms with Gasteiger partial charge in [0.1, 0.15) is 12.2 Å². The number of aliphatic hydroxyl groups excluding tert-OH is 1. The number of fused-ring (bicyclic) bond motifs is 5. The number of ether oxygens (including phenoxy) is 1. The van der Waals surface area contributed by atoms with Gasteiger partial charge in [0, 0.05) is 24.5 Å². The van der Waals surface area contributed by atoms with Crippen molar-refractivity contribution in [1.29, 1.82) is 0 Å². The second kappa shape index (κ2) is 13.4. The molecule has 0 saturated heterocycles. The molecule has 3 N–H and O–H groups in total. The molecular weight excluding hydrogens is 620 g/mol. The Bertz CT molecular complexity index is 1250. The molecule has 9 atom stereocenters. The molecule has 8 nitrogen and oxygen atoms in total. The number of aliphatic hydroxyl groups is 1. The molecule has 0 aromatic carbocycles. The quantitative estimate of drug-likeness (QED) is 0.162. The summed E-state index contributed by atoms with van der Waals surface area (Å²) in [6.07, 6.45) is 3.00. The van der Waals surface area contributed by atoms with Gasteiger partial charge < -0.3 is 19.6 Å². The molecule has 0 unspecified atom stereocenters. The maximum absolute atomic E-state index is 17.8. The summed E-state index contributed by atoms with van der Waals surface area (Å²) in [6, 6.07) is -1.08. The van der Waals surface area contributed by atoms with Gasteiger partial charge in [0.15, 0.2) is 11.5 Å². The number of alkyl halides is 3. The first-order valence-corrected chi connectivity index (χ1v) is 18.1. The number of thioether (sulfide) groups is 1. The van der Waals surface area contributed by atoms with Crippen LogP contribution >= 0.6 is 19.4 Å². The van der Waals surface area contributed by atoms with Crippen molar-refractivity contribution < 1.29 is 51.8 Å². The summed E-state index contributed by atoms with van der Waals surface area (Å²) in [5, 5.41) is 10.8. The Morgan fingerprint density at radius 2 is 1.70 bits per heavy atom. The summed E-state index contributed by atoms with van der Waals surface area (Å²) in [7, 11) is -4.65. The topological polar surface area (TPSA) is 138 Å². The molecule has 0 heterocycles. The zero-order valence-electron chi connectivity index (χ0n) is 25.5. The molecule has 0 aromatic rings. The Kier molecular flexibility index (Phi) is 10.9. The average molecular weight is 665 g/mol. The first-order valence-electron chi connectivity index (χ1n) is 15.5. The lowest BCUT2D eigenvalue weighted by atomic mass is 9.44. The van der Waals surface area contributed by atoms with E-state index in [0.29, 0.717) is 25.9 Å². The zero-order chi connectivity index (χ0) is 32.7. The zero-order valence-corrected chi connectivity index (χ0v) is 27.2. The fraction of sp³-hybridized carbons (Fsp3) is 0.774. The first kappa shape index (κ1) is 35.6. The first-order chi connectivity index (χ1) is 20.5. The van der Waals surface area contributed by atoms with Gasteiger partial charge in [-0.1, -0.05) is 39.5 Å². The number of ketones is 1. The standard InChI is InChI=1S/C31H44F3O8PS/c1-18-12-20-21-15-24(33)22-13-19(35)14-23(28(38)44-17-32)30(22,3)31(21,34)25(36)16-29(20,2)27(18)42-11-9-7-5-4-6-8-10-26(37)43(39,40)41/h13-14,18,20-21,24-25,27,36H,4-12,15-17H2,1-3H3,(H2,39,40,41)/t18-,20+,21+,24+,25+,27-,29+,30+,31+/m1/s1. The molecule has 3 fully saturated rings. The van der Waals surface area contributed by atoms with Crippen molar-refractivity contribution >= 4 is 35.8 Å². The van der Waals surface area contributed by atoms with Gasteiger partial charge >= 0.3 is 7.60 Å². The smallest absolute Gasteiger partial charge is 0.390 e. The number of unbranched alkanes of at least 4 members (excludes halogenated alkanes) is 5.